The Morgan fingerprint density at radius 2 is 2.05 bits per heavy atom. The second-order valence-corrected chi connectivity index (χ2v) is 6.20. The number of halogens is 1. The Morgan fingerprint density at radius 1 is 1.30 bits per heavy atom. The Bertz CT molecular complexity index is 643. The lowest BCUT2D eigenvalue weighted by atomic mass is 10.2. The molecule has 0 aliphatic heterocycles. The molecular formula is C16H15BrO2S. The van der Waals surface area contributed by atoms with E-state index < -0.39 is 0 Å². The number of carbonyl (C=O) groups excluding carboxylic acids is 1. The zero-order valence-corrected chi connectivity index (χ0v) is 13.8. The van der Waals surface area contributed by atoms with Crippen molar-refractivity contribution >= 4 is 39.3 Å². The number of benzene rings is 1. The van der Waals surface area contributed by atoms with Crippen molar-refractivity contribution < 1.29 is 9.53 Å². The fourth-order valence-electron chi connectivity index (χ4n) is 1.75. The van der Waals surface area contributed by atoms with Crippen molar-refractivity contribution in [3.8, 4) is 10.4 Å². The highest BCUT2D eigenvalue weighted by atomic mass is 79.9. The minimum Gasteiger partial charge on any atom is -0.463 e. The number of carbonyl (C=O) groups is 1. The summed E-state index contributed by atoms with van der Waals surface area (Å²) in [7, 11) is 0. The molecule has 0 amide bonds. The van der Waals surface area contributed by atoms with Gasteiger partial charge in [0.2, 0.25) is 0 Å². The first-order valence-electron chi connectivity index (χ1n) is 6.32. The van der Waals surface area contributed by atoms with E-state index in [0.29, 0.717) is 12.2 Å². The second kappa shape index (κ2) is 6.86. The van der Waals surface area contributed by atoms with Gasteiger partial charge in [-0.3, -0.25) is 0 Å². The molecule has 1 heterocycles. The molecule has 0 saturated heterocycles. The van der Waals surface area contributed by atoms with Crippen molar-refractivity contribution in [3.63, 3.8) is 0 Å². The predicted octanol–water partition coefficient (Wildman–Crippen LogP) is 5.14. The minimum atomic E-state index is -0.261. The van der Waals surface area contributed by atoms with Gasteiger partial charge in [0.25, 0.3) is 0 Å². The average Bonchev–Trinajstić information content (AvgIpc) is 2.87. The number of ether oxygens (including phenoxy) is 1. The van der Waals surface area contributed by atoms with Gasteiger partial charge in [0, 0.05) is 25.4 Å². The summed E-state index contributed by atoms with van der Waals surface area (Å²) in [5.41, 5.74) is 1.78. The van der Waals surface area contributed by atoms with Crippen LogP contribution in [0.15, 0.2) is 46.4 Å². The fraction of sp³-hybridized carbons (Fsp3) is 0.188. The number of rotatable bonds is 4. The Kier molecular flexibility index (Phi) is 5.15. The predicted molar refractivity (Wildman–Crippen MR) is 87.7 cm³/mol. The van der Waals surface area contributed by atoms with E-state index in [-0.39, 0.29) is 5.97 Å². The van der Waals surface area contributed by atoms with Crippen LogP contribution in [0, 0.1) is 0 Å². The lowest BCUT2D eigenvalue weighted by Crippen LogP contribution is -2.04. The van der Waals surface area contributed by atoms with Crippen molar-refractivity contribution in [2.45, 2.75) is 13.8 Å². The maximum Gasteiger partial charge on any atom is 0.333 e. The standard InChI is InChI=1S/C16H15BrO2S/c1-3-19-16(18)11(2)10-12-8-9-15(20-12)13-6-4-5-7-14(13)17/h4-10H,3H2,1-2H3/b11-10+. The van der Waals surface area contributed by atoms with Crippen molar-refractivity contribution in [1.29, 1.82) is 0 Å². The van der Waals surface area contributed by atoms with Crippen LogP contribution in [-0.2, 0) is 9.53 Å². The third-order valence-corrected chi connectivity index (χ3v) is 4.48. The van der Waals surface area contributed by atoms with Gasteiger partial charge in [0.05, 0.1) is 6.61 Å². The largest absolute Gasteiger partial charge is 0.463 e. The summed E-state index contributed by atoms with van der Waals surface area (Å²) >= 11 is 5.20. The Balaban J connectivity index is 2.24. The van der Waals surface area contributed by atoms with Crippen LogP contribution < -0.4 is 0 Å². The molecule has 4 heteroatoms. The summed E-state index contributed by atoms with van der Waals surface area (Å²) in [5, 5.41) is 0. The first-order valence-corrected chi connectivity index (χ1v) is 7.93. The van der Waals surface area contributed by atoms with E-state index in [9.17, 15) is 4.79 Å². The smallest absolute Gasteiger partial charge is 0.333 e. The third kappa shape index (κ3) is 3.58. The molecule has 0 aliphatic carbocycles. The van der Waals surface area contributed by atoms with Gasteiger partial charge in [-0.1, -0.05) is 34.1 Å². The van der Waals surface area contributed by atoms with Crippen molar-refractivity contribution in [2.75, 3.05) is 6.61 Å². The molecule has 0 N–H and O–H groups in total. The molecule has 0 fully saturated rings. The van der Waals surface area contributed by atoms with Gasteiger partial charge in [-0.05, 0) is 38.1 Å². The molecule has 2 rings (SSSR count). The van der Waals surface area contributed by atoms with Gasteiger partial charge in [0.15, 0.2) is 0 Å². The maximum atomic E-state index is 11.6. The molecule has 0 unspecified atom stereocenters. The van der Waals surface area contributed by atoms with Crippen molar-refractivity contribution in [2.24, 2.45) is 0 Å². The first-order chi connectivity index (χ1) is 9.61. The van der Waals surface area contributed by atoms with Crippen LogP contribution in [-0.4, -0.2) is 12.6 Å². The fourth-order valence-corrected chi connectivity index (χ4v) is 3.43. The summed E-state index contributed by atoms with van der Waals surface area (Å²) in [4.78, 5) is 13.8. The highest BCUT2D eigenvalue weighted by Crippen LogP contribution is 2.34. The molecular weight excluding hydrogens is 336 g/mol. The molecule has 1 aromatic carbocycles. The van der Waals surface area contributed by atoms with Crippen LogP contribution in [0.5, 0.6) is 0 Å². The molecule has 2 nitrogen and oxygen atoms in total. The molecule has 0 saturated carbocycles. The summed E-state index contributed by atoms with van der Waals surface area (Å²) in [6, 6.07) is 12.2. The van der Waals surface area contributed by atoms with E-state index in [0.717, 1.165) is 14.9 Å². The van der Waals surface area contributed by atoms with E-state index in [2.05, 4.69) is 28.1 Å². The lowest BCUT2D eigenvalue weighted by Gasteiger charge is -2.01. The van der Waals surface area contributed by atoms with Crippen LogP contribution in [0.4, 0.5) is 0 Å². The Morgan fingerprint density at radius 3 is 2.75 bits per heavy atom. The van der Waals surface area contributed by atoms with Gasteiger partial charge in [-0.2, -0.15) is 0 Å². The first kappa shape index (κ1) is 15.0. The third-order valence-electron chi connectivity index (χ3n) is 2.72. The van der Waals surface area contributed by atoms with E-state index in [1.807, 2.05) is 30.3 Å². The molecule has 0 aliphatic rings. The molecule has 2 aromatic rings. The van der Waals surface area contributed by atoms with Gasteiger partial charge < -0.3 is 4.74 Å². The Labute approximate surface area is 131 Å². The van der Waals surface area contributed by atoms with Gasteiger partial charge >= 0.3 is 5.97 Å². The average molecular weight is 351 g/mol. The van der Waals surface area contributed by atoms with E-state index in [1.54, 1.807) is 25.2 Å². The quantitative estimate of drug-likeness (QED) is 0.563. The van der Waals surface area contributed by atoms with E-state index >= 15 is 0 Å². The van der Waals surface area contributed by atoms with Crippen LogP contribution >= 0.6 is 27.3 Å². The summed E-state index contributed by atoms with van der Waals surface area (Å²) in [5.74, 6) is -0.261. The highest BCUT2D eigenvalue weighted by Gasteiger charge is 2.08. The van der Waals surface area contributed by atoms with Gasteiger partial charge in [0.1, 0.15) is 0 Å². The van der Waals surface area contributed by atoms with Crippen LogP contribution in [0.25, 0.3) is 16.5 Å². The Hall–Kier alpha value is -1.39. The highest BCUT2D eigenvalue weighted by molar-refractivity contribution is 9.10. The zero-order valence-electron chi connectivity index (χ0n) is 11.4. The molecule has 1 aromatic heterocycles. The summed E-state index contributed by atoms with van der Waals surface area (Å²) in [6.07, 6.45) is 1.86. The van der Waals surface area contributed by atoms with Crippen LogP contribution in [0.1, 0.15) is 18.7 Å². The van der Waals surface area contributed by atoms with E-state index in [4.69, 9.17) is 4.74 Å². The topological polar surface area (TPSA) is 26.3 Å². The molecule has 0 spiro atoms. The SMILES string of the molecule is CCOC(=O)/C(C)=C/c1ccc(-c2ccccc2Br)s1. The van der Waals surface area contributed by atoms with E-state index in [1.165, 1.54) is 4.88 Å². The molecule has 0 bridgehead atoms. The number of hydrogen-bond acceptors (Lipinski definition) is 3. The molecule has 104 valence electrons. The number of thiophene rings is 1. The van der Waals surface area contributed by atoms with Gasteiger partial charge in [-0.25, -0.2) is 4.79 Å². The maximum absolute atomic E-state index is 11.6. The van der Waals surface area contributed by atoms with Crippen molar-refractivity contribution in [1.82, 2.24) is 0 Å². The number of esters is 1. The second-order valence-electron chi connectivity index (χ2n) is 4.23. The zero-order chi connectivity index (χ0) is 14.5. The summed E-state index contributed by atoms with van der Waals surface area (Å²) < 4.78 is 6.05. The molecule has 0 radical (unpaired) electrons. The van der Waals surface area contributed by atoms with Gasteiger partial charge in [-0.15, -0.1) is 11.3 Å². The molecule has 20 heavy (non-hydrogen) atoms. The summed E-state index contributed by atoms with van der Waals surface area (Å²) in [6.45, 7) is 3.98. The monoisotopic (exact) mass is 350 g/mol. The lowest BCUT2D eigenvalue weighted by molar-refractivity contribution is -0.138. The normalized spacial score (nSPS) is 11.4. The van der Waals surface area contributed by atoms with Crippen molar-refractivity contribution in [3.05, 3.63) is 51.3 Å². The number of hydrogen-bond donors (Lipinski definition) is 0. The molecule has 0 atom stereocenters. The van der Waals surface area contributed by atoms with Crippen LogP contribution in [0.2, 0.25) is 0 Å². The minimum absolute atomic E-state index is 0.261. The van der Waals surface area contributed by atoms with Crippen LogP contribution in [0.3, 0.4) is 0 Å².